The van der Waals surface area contributed by atoms with Crippen molar-refractivity contribution in [3.05, 3.63) is 33.5 Å². The van der Waals surface area contributed by atoms with Gasteiger partial charge in [0, 0.05) is 6.54 Å². The standard InChI is InChI=1S/C13H15BrFNO3/c1-7-4-5-8(14)10(15)9(7)11(17)16-6-13(2,3)12(18)19/h4-5H,6H2,1-3H3,(H,16,17)(H,18,19). The highest BCUT2D eigenvalue weighted by Crippen LogP contribution is 2.22. The van der Waals surface area contributed by atoms with E-state index in [0.29, 0.717) is 5.56 Å². The summed E-state index contributed by atoms with van der Waals surface area (Å²) in [5.74, 6) is -2.30. The highest BCUT2D eigenvalue weighted by molar-refractivity contribution is 9.10. The molecular formula is C13H15BrFNO3. The summed E-state index contributed by atoms with van der Waals surface area (Å²) in [6.45, 7) is 4.51. The highest BCUT2D eigenvalue weighted by Gasteiger charge is 2.28. The molecule has 0 aliphatic heterocycles. The predicted molar refractivity (Wildman–Crippen MR) is 72.6 cm³/mol. The van der Waals surface area contributed by atoms with Crippen LogP contribution in [-0.4, -0.2) is 23.5 Å². The third-order valence-corrected chi connectivity index (χ3v) is 3.41. The topological polar surface area (TPSA) is 66.4 Å². The molecule has 0 bridgehead atoms. The van der Waals surface area contributed by atoms with E-state index in [9.17, 15) is 14.0 Å². The molecule has 0 spiro atoms. The van der Waals surface area contributed by atoms with Crippen molar-refractivity contribution >= 4 is 27.8 Å². The van der Waals surface area contributed by atoms with Gasteiger partial charge in [-0.3, -0.25) is 9.59 Å². The van der Waals surface area contributed by atoms with Crippen molar-refractivity contribution in [2.45, 2.75) is 20.8 Å². The molecule has 19 heavy (non-hydrogen) atoms. The Kier molecular flexibility index (Phi) is 4.68. The van der Waals surface area contributed by atoms with E-state index in [-0.39, 0.29) is 16.6 Å². The zero-order valence-corrected chi connectivity index (χ0v) is 12.5. The molecule has 0 aliphatic rings. The Hall–Kier alpha value is -1.43. The lowest BCUT2D eigenvalue weighted by molar-refractivity contribution is -0.146. The summed E-state index contributed by atoms with van der Waals surface area (Å²) in [5, 5.41) is 11.4. The lowest BCUT2D eigenvalue weighted by Crippen LogP contribution is -2.39. The van der Waals surface area contributed by atoms with E-state index in [1.165, 1.54) is 19.9 Å². The van der Waals surface area contributed by atoms with Gasteiger partial charge < -0.3 is 10.4 Å². The van der Waals surface area contributed by atoms with Crippen LogP contribution in [0, 0.1) is 18.2 Å². The number of carbonyl (C=O) groups excluding carboxylic acids is 1. The molecule has 1 rings (SSSR count). The van der Waals surface area contributed by atoms with Crippen molar-refractivity contribution in [2.24, 2.45) is 5.41 Å². The van der Waals surface area contributed by atoms with Gasteiger partial charge in [0.05, 0.1) is 15.5 Å². The SMILES string of the molecule is Cc1ccc(Br)c(F)c1C(=O)NCC(C)(C)C(=O)O. The summed E-state index contributed by atoms with van der Waals surface area (Å²) in [6, 6.07) is 3.13. The van der Waals surface area contributed by atoms with E-state index in [0.717, 1.165) is 0 Å². The van der Waals surface area contributed by atoms with Crippen LogP contribution in [0.2, 0.25) is 0 Å². The minimum Gasteiger partial charge on any atom is -0.481 e. The number of aryl methyl sites for hydroxylation is 1. The van der Waals surface area contributed by atoms with Crippen LogP contribution in [0.5, 0.6) is 0 Å². The molecule has 104 valence electrons. The van der Waals surface area contributed by atoms with Crippen LogP contribution in [0.1, 0.15) is 29.8 Å². The molecule has 4 nitrogen and oxygen atoms in total. The van der Waals surface area contributed by atoms with E-state index in [2.05, 4.69) is 21.2 Å². The van der Waals surface area contributed by atoms with Gasteiger partial charge in [0.2, 0.25) is 0 Å². The van der Waals surface area contributed by atoms with Gasteiger partial charge in [-0.25, -0.2) is 4.39 Å². The van der Waals surface area contributed by atoms with Gasteiger partial charge in [0.25, 0.3) is 5.91 Å². The molecule has 0 aliphatic carbocycles. The summed E-state index contributed by atoms with van der Waals surface area (Å²) < 4.78 is 14.1. The van der Waals surface area contributed by atoms with Gasteiger partial charge in [-0.15, -0.1) is 0 Å². The Morgan fingerprint density at radius 2 is 2.00 bits per heavy atom. The van der Waals surface area contributed by atoms with Gasteiger partial charge in [-0.1, -0.05) is 6.07 Å². The van der Waals surface area contributed by atoms with Crippen LogP contribution >= 0.6 is 15.9 Å². The number of carboxylic acid groups (broad SMARTS) is 1. The third-order valence-electron chi connectivity index (χ3n) is 2.80. The lowest BCUT2D eigenvalue weighted by Gasteiger charge is -2.20. The molecular weight excluding hydrogens is 317 g/mol. The van der Waals surface area contributed by atoms with Crippen molar-refractivity contribution in [3.8, 4) is 0 Å². The molecule has 0 saturated heterocycles. The van der Waals surface area contributed by atoms with Gasteiger partial charge in [0.15, 0.2) is 0 Å². The van der Waals surface area contributed by atoms with Crippen LogP contribution < -0.4 is 5.32 Å². The Labute approximate surface area is 119 Å². The van der Waals surface area contributed by atoms with Crippen LogP contribution in [-0.2, 0) is 4.79 Å². The van der Waals surface area contributed by atoms with E-state index in [1.807, 2.05) is 0 Å². The average molecular weight is 332 g/mol. The van der Waals surface area contributed by atoms with Crippen molar-refractivity contribution in [2.75, 3.05) is 6.54 Å². The Balaban J connectivity index is 2.92. The molecule has 0 saturated carbocycles. The maximum atomic E-state index is 13.9. The van der Waals surface area contributed by atoms with E-state index < -0.39 is 23.1 Å². The number of amides is 1. The number of carboxylic acids is 1. The van der Waals surface area contributed by atoms with Crippen molar-refractivity contribution in [1.29, 1.82) is 0 Å². The fourth-order valence-electron chi connectivity index (χ4n) is 1.39. The molecule has 0 fully saturated rings. The zero-order chi connectivity index (χ0) is 14.8. The van der Waals surface area contributed by atoms with Gasteiger partial charge in [0.1, 0.15) is 5.82 Å². The van der Waals surface area contributed by atoms with Crippen molar-refractivity contribution < 1.29 is 19.1 Å². The second-order valence-electron chi connectivity index (χ2n) is 4.92. The Morgan fingerprint density at radius 3 is 2.53 bits per heavy atom. The predicted octanol–water partition coefficient (Wildman–Crippen LogP) is 2.74. The molecule has 0 aromatic heterocycles. The molecule has 2 N–H and O–H groups in total. The number of halogens is 2. The third kappa shape index (κ3) is 3.53. The smallest absolute Gasteiger partial charge is 0.310 e. The summed E-state index contributed by atoms with van der Waals surface area (Å²) in [4.78, 5) is 22.9. The number of benzene rings is 1. The maximum Gasteiger partial charge on any atom is 0.310 e. The Bertz CT molecular complexity index is 529. The monoisotopic (exact) mass is 331 g/mol. The second kappa shape index (κ2) is 5.69. The first kappa shape index (κ1) is 15.6. The zero-order valence-electron chi connectivity index (χ0n) is 10.9. The summed E-state index contributed by atoms with van der Waals surface area (Å²) in [6.07, 6.45) is 0. The molecule has 6 heteroatoms. The first-order chi connectivity index (χ1) is 8.66. The quantitative estimate of drug-likeness (QED) is 0.891. The van der Waals surface area contributed by atoms with Crippen LogP contribution in [0.15, 0.2) is 16.6 Å². The number of carbonyl (C=O) groups is 2. The fourth-order valence-corrected chi connectivity index (χ4v) is 1.72. The number of rotatable bonds is 4. The molecule has 0 unspecified atom stereocenters. The minimum absolute atomic E-state index is 0.0736. The van der Waals surface area contributed by atoms with Crippen LogP contribution in [0.4, 0.5) is 4.39 Å². The molecule has 0 heterocycles. The number of aliphatic carboxylic acids is 1. The maximum absolute atomic E-state index is 13.9. The average Bonchev–Trinajstić information content (AvgIpc) is 2.32. The van der Waals surface area contributed by atoms with E-state index in [4.69, 9.17) is 5.11 Å². The molecule has 1 amide bonds. The number of hydrogen-bond acceptors (Lipinski definition) is 2. The first-order valence-electron chi connectivity index (χ1n) is 5.63. The number of hydrogen-bond donors (Lipinski definition) is 2. The first-order valence-corrected chi connectivity index (χ1v) is 6.42. The lowest BCUT2D eigenvalue weighted by atomic mass is 9.93. The van der Waals surface area contributed by atoms with Crippen molar-refractivity contribution in [1.82, 2.24) is 5.32 Å². The van der Waals surface area contributed by atoms with E-state index >= 15 is 0 Å². The summed E-state index contributed by atoms with van der Waals surface area (Å²) >= 11 is 3.01. The second-order valence-corrected chi connectivity index (χ2v) is 5.78. The normalized spacial score (nSPS) is 11.2. The van der Waals surface area contributed by atoms with Gasteiger partial charge in [-0.05, 0) is 48.3 Å². The Morgan fingerprint density at radius 1 is 1.42 bits per heavy atom. The highest BCUT2D eigenvalue weighted by atomic mass is 79.9. The van der Waals surface area contributed by atoms with Crippen LogP contribution in [0.3, 0.4) is 0 Å². The largest absolute Gasteiger partial charge is 0.481 e. The summed E-state index contributed by atoms with van der Waals surface area (Å²) in [7, 11) is 0. The molecule has 1 aromatic carbocycles. The molecule has 0 atom stereocenters. The molecule has 1 aromatic rings. The van der Waals surface area contributed by atoms with Gasteiger partial charge in [-0.2, -0.15) is 0 Å². The fraction of sp³-hybridized carbons (Fsp3) is 0.385. The van der Waals surface area contributed by atoms with Crippen molar-refractivity contribution in [3.63, 3.8) is 0 Å². The van der Waals surface area contributed by atoms with Gasteiger partial charge >= 0.3 is 5.97 Å². The number of nitrogens with one attached hydrogen (secondary N) is 1. The summed E-state index contributed by atoms with van der Waals surface area (Å²) in [5.41, 5.74) is -0.687. The van der Waals surface area contributed by atoms with E-state index in [1.54, 1.807) is 13.0 Å². The van der Waals surface area contributed by atoms with Crippen LogP contribution in [0.25, 0.3) is 0 Å². The minimum atomic E-state index is -1.11. The molecule has 0 radical (unpaired) electrons.